The smallest absolute Gasteiger partial charge is 0.224 e. The first-order valence-electron chi connectivity index (χ1n) is 20.0. The number of rotatable bonds is 24. The third-order valence-electron chi connectivity index (χ3n) is 10.5. The van der Waals surface area contributed by atoms with Crippen LogP contribution in [0.3, 0.4) is 0 Å². The molecule has 2 aliphatic rings. The molecule has 2 saturated heterocycles. The molecule has 2 fully saturated rings. The molecule has 2 heterocycles. The van der Waals surface area contributed by atoms with Gasteiger partial charge in [0, 0.05) is 44.2 Å². The molecule has 2 N–H and O–H groups in total. The van der Waals surface area contributed by atoms with Gasteiger partial charge in [-0.25, -0.2) is 0 Å². The van der Waals surface area contributed by atoms with Crippen molar-refractivity contribution in [1.82, 2.24) is 15.5 Å². The maximum absolute atomic E-state index is 14.2. The number of carbonyl (C=O) groups excluding carboxylic acids is 5. The molecule has 2 aliphatic heterocycles. The van der Waals surface area contributed by atoms with Crippen LogP contribution in [-0.4, -0.2) is 91.2 Å². The molecule has 0 aliphatic carbocycles. The highest BCUT2D eigenvalue weighted by atomic mass is 16.6. The summed E-state index contributed by atoms with van der Waals surface area (Å²) in [6.07, 6.45) is 3.37. The summed E-state index contributed by atoms with van der Waals surface area (Å²) in [6, 6.07) is 17.9. The highest BCUT2D eigenvalue weighted by Crippen LogP contribution is 2.30. The molecule has 0 radical (unpaired) electrons. The zero-order chi connectivity index (χ0) is 39.1. The van der Waals surface area contributed by atoms with Gasteiger partial charge in [0.1, 0.15) is 11.4 Å². The lowest BCUT2D eigenvalue weighted by atomic mass is 9.87. The van der Waals surface area contributed by atoms with Crippen LogP contribution in [0.15, 0.2) is 60.7 Å². The first kappa shape index (κ1) is 43.0. The van der Waals surface area contributed by atoms with E-state index in [0.29, 0.717) is 58.3 Å². The molecular weight excluding hydrogens is 682 g/mol. The van der Waals surface area contributed by atoms with Crippen LogP contribution in [-0.2, 0) is 46.3 Å². The van der Waals surface area contributed by atoms with Gasteiger partial charge in [0.15, 0.2) is 11.6 Å². The number of ketones is 3. The molecule has 2 amide bonds. The molecule has 4 rings (SSSR count). The minimum absolute atomic E-state index is 0.0405. The lowest BCUT2D eigenvalue weighted by Gasteiger charge is -2.27. The average Bonchev–Trinajstić information content (AvgIpc) is 3.91. The SMILES string of the molecule is CC(C)C[C@H](NC(=O)C(CCc1ccccc1)CC(=O)CCCN1CCOCC1)C(=O)C[C@@H](Cc1ccccc1)C(=O)N[C@@H](CC(C)C)C(=O)[C@@]1(C)CO1. The van der Waals surface area contributed by atoms with Crippen LogP contribution in [0.1, 0.15) is 90.7 Å². The van der Waals surface area contributed by atoms with Crippen LogP contribution in [0.2, 0.25) is 0 Å². The normalized spacial score (nSPS) is 19.5. The Kier molecular flexibility index (Phi) is 17.0. The van der Waals surface area contributed by atoms with Crippen molar-refractivity contribution in [3.63, 3.8) is 0 Å². The van der Waals surface area contributed by atoms with E-state index >= 15 is 0 Å². The van der Waals surface area contributed by atoms with E-state index < -0.39 is 29.5 Å². The fourth-order valence-electron chi connectivity index (χ4n) is 7.20. The van der Waals surface area contributed by atoms with Crippen molar-refractivity contribution < 1.29 is 33.4 Å². The van der Waals surface area contributed by atoms with Crippen molar-refractivity contribution in [2.45, 2.75) is 110 Å². The summed E-state index contributed by atoms with van der Waals surface area (Å²) < 4.78 is 10.9. The van der Waals surface area contributed by atoms with E-state index in [1.165, 1.54) is 0 Å². The monoisotopic (exact) mass is 745 g/mol. The van der Waals surface area contributed by atoms with Gasteiger partial charge in [0.25, 0.3) is 0 Å². The van der Waals surface area contributed by atoms with Crippen molar-refractivity contribution in [1.29, 1.82) is 0 Å². The molecule has 0 bridgehead atoms. The van der Waals surface area contributed by atoms with Gasteiger partial charge in [0.2, 0.25) is 11.8 Å². The summed E-state index contributed by atoms with van der Waals surface area (Å²) in [5.74, 6) is -2.16. The fourth-order valence-corrected chi connectivity index (χ4v) is 7.20. The van der Waals surface area contributed by atoms with Crippen LogP contribution < -0.4 is 10.6 Å². The summed E-state index contributed by atoms with van der Waals surface area (Å²) in [7, 11) is 0. The van der Waals surface area contributed by atoms with E-state index in [2.05, 4.69) is 15.5 Å². The van der Waals surface area contributed by atoms with E-state index in [9.17, 15) is 24.0 Å². The number of hydrogen-bond acceptors (Lipinski definition) is 8. The van der Waals surface area contributed by atoms with E-state index in [-0.39, 0.29) is 53.8 Å². The minimum atomic E-state index is -0.897. The van der Waals surface area contributed by atoms with Gasteiger partial charge in [-0.15, -0.1) is 0 Å². The molecule has 10 heteroatoms. The van der Waals surface area contributed by atoms with Gasteiger partial charge in [-0.3, -0.25) is 28.9 Å². The Balaban J connectivity index is 1.48. The largest absolute Gasteiger partial charge is 0.379 e. The molecule has 2 aromatic rings. The highest BCUT2D eigenvalue weighted by molar-refractivity contribution is 5.98. The number of nitrogens with one attached hydrogen (secondary N) is 2. The van der Waals surface area contributed by atoms with Gasteiger partial charge >= 0.3 is 0 Å². The summed E-state index contributed by atoms with van der Waals surface area (Å²) in [6.45, 7) is 14.0. The van der Waals surface area contributed by atoms with Crippen LogP contribution in [0, 0.1) is 23.7 Å². The predicted molar refractivity (Wildman–Crippen MR) is 210 cm³/mol. The van der Waals surface area contributed by atoms with Crippen LogP contribution in [0.25, 0.3) is 0 Å². The number of ether oxygens (including phenoxy) is 2. The quantitative estimate of drug-likeness (QED) is 0.134. The summed E-state index contributed by atoms with van der Waals surface area (Å²) >= 11 is 0. The van der Waals surface area contributed by atoms with Crippen LogP contribution >= 0.6 is 0 Å². The van der Waals surface area contributed by atoms with Crippen molar-refractivity contribution in [2.24, 2.45) is 23.7 Å². The second kappa shape index (κ2) is 21.4. The van der Waals surface area contributed by atoms with Crippen molar-refractivity contribution in [2.75, 3.05) is 39.5 Å². The Bertz CT molecular complexity index is 1500. The molecule has 10 nitrogen and oxygen atoms in total. The Hall–Kier alpha value is -3.73. The molecule has 296 valence electrons. The summed E-state index contributed by atoms with van der Waals surface area (Å²) in [5.41, 5.74) is 1.08. The number of carbonyl (C=O) groups is 5. The second-order valence-electron chi connectivity index (χ2n) is 16.3. The number of Topliss-reactive ketones (excluding diaryl/α,β-unsaturated/α-hetero) is 3. The van der Waals surface area contributed by atoms with Crippen molar-refractivity contribution >= 4 is 29.2 Å². The molecule has 1 unspecified atom stereocenters. The molecule has 54 heavy (non-hydrogen) atoms. The van der Waals surface area contributed by atoms with E-state index in [4.69, 9.17) is 9.47 Å². The third kappa shape index (κ3) is 14.5. The van der Waals surface area contributed by atoms with Gasteiger partial charge in [0.05, 0.1) is 31.9 Å². The summed E-state index contributed by atoms with van der Waals surface area (Å²) in [5, 5.41) is 6.05. The molecule has 5 atom stereocenters. The van der Waals surface area contributed by atoms with Gasteiger partial charge < -0.3 is 20.1 Å². The van der Waals surface area contributed by atoms with Crippen molar-refractivity contribution in [3.05, 3.63) is 71.8 Å². The van der Waals surface area contributed by atoms with E-state index in [0.717, 1.165) is 37.2 Å². The lowest BCUT2D eigenvalue weighted by Crippen LogP contribution is -2.50. The first-order valence-corrected chi connectivity index (χ1v) is 20.0. The standard InChI is InChI=1S/C44H63N3O7/c1-31(2)25-38(45-42(51)35(19-18-33-13-8-6-9-14-33)28-37(48)17-12-20-47-21-23-53-24-22-47)40(49)29-36(27-34-15-10-7-11-16-34)43(52)46-39(26-32(3)4)41(50)44(5)30-54-44/h6-11,13-16,31-32,35-36,38-39H,12,17-30H2,1-5H3,(H,45,51)(H,46,52)/t35?,36-,38+,39+,44-/m1/s1. The second-order valence-corrected chi connectivity index (χ2v) is 16.3. The Morgan fingerprint density at radius 2 is 1.31 bits per heavy atom. The first-order chi connectivity index (χ1) is 25.8. The number of nitrogens with zero attached hydrogens (tertiary/aromatic N) is 1. The fraction of sp³-hybridized carbons (Fsp3) is 0.614. The van der Waals surface area contributed by atoms with E-state index in [1.54, 1.807) is 6.92 Å². The maximum Gasteiger partial charge on any atom is 0.224 e. The zero-order valence-corrected chi connectivity index (χ0v) is 33.1. The number of epoxide rings is 1. The van der Waals surface area contributed by atoms with Crippen LogP contribution in [0.4, 0.5) is 0 Å². The number of benzene rings is 2. The van der Waals surface area contributed by atoms with Gasteiger partial charge in [-0.1, -0.05) is 88.4 Å². The average molecular weight is 746 g/mol. The zero-order valence-electron chi connectivity index (χ0n) is 33.1. The number of hydrogen-bond donors (Lipinski definition) is 2. The Morgan fingerprint density at radius 1 is 0.759 bits per heavy atom. The van der Waals surface area contributed by atoms with Gasteiger partial charge in [-0.05, 0) is 75.0 Å². The Morgan fingerprint density at radius 3 is 1.91 bits per heavy atom. The highest BCUT2D eigenvalue weighted by Gasteiger charge is 2.50. The number of aryl methyl sites for hydroxylation is 1. The third-order valence-corrected chi connectivity index (χ3v) is 10.5. The molecule has 2 aromatic carbocycles. The summed E-state index contributed by atoms with van der Waals surface area (Å²) in [4.78, 5) is 71.4. The lowest BCUT2D eigenvalue weighted by molar-refractivity contribution is -0.135. The molecule has 0 aromatic heterocycles. The molecule has 0 spiro atoms. The maximum atomic E-state index is 14.2. The minimum Gasteiger partial charge on any atom is -0.379 e. The topological polar surface area (TPSA) is 134 Å². The molecular formula is C44H63N3O7. The molecule has 0 saturated carbocycles. The van der Waals surface area contributed by atoms with Gasteiger partial charge in [-0.2, -0.15) is 0 Å². The van der Waals surface area contributed by atoms with Crippen molar-refractivity contribution in [3.8, 4) is 0 Å². The van der Waals surface area contributed by atoms with E-state index in [1.807, 2.05) is 88.4 Å². The number of amides is 2. The van der Waals surface area contributed by atoms with Crippen LogP contribution in [0.5, 0.6) is 0 Å². The number of morpholine rings is 1. The Labute approximate surface area is 322 Å². The predicted octanol–water partition coefficient (Wildman–Crippen LogP) is 5.54.